The third-order valence-corrected chi connectivity index (χ3v) is 3.75. The maximum absolute atomic E-state index is 13.7. The number of nitrogens with one attached hydrogen (secondary N) is 1. The summed E-state index contributed by atoms with van der Waals surface area (Å²) in [4.78, 5) is 0. The van der Waals surface area contributed by atoms with Gasteiger partial charge in [0.1, 0.15) is 5.82 Å². The minimum absolute atomic E-state index is 0.0197. The van der Waals surface area contributed by atoms with E-state index in [1.807, 2.05) is 19.2 Å². The SMILES string of the molecule is CNC(c1ccc(C(C)C)cc1)c1ccc(C)c(F)c1. The lowest BCUT2D eigenvalue weighted by Gasteiger charge is -2.18. The Morgan fingerprint density at radius 3 is 1.95 bits per heavy atom. The first-order chi connectivity index (χ1) is 9.52. The quantitative estimate of drug-likeness (QED) is 0.859. The normalized spacial score (nSPS) is 12.7. The highest BCUT2D eigenvalue weighted by molar-refractivity contribution is 5.35. The number of aryl methyl sites for hydroxylation is 1. The van der Waals surface area contributed by atoms with Crippen molar-refractivity contribution in [2.45, 2.75) is 32.7 Å². The summed E-state index contributed by atoms with van der Waals surface area (Å²) in [5, 5.41) is 3.26. The molecule has 0 bridgehead atoms. The van der Waals surface area contributed by atoms with Gasteiger partial charge in [0.05, 0.1) is 6.04 Å². The van der Waals surface area contributed by atoms with E-state index in [1.165, 1.54) is 5.56 Å². The van der Waals surface area contributed by atoms with Crippen molar-refractivity contribution in [3.63, 3.8) is 0 Å². The second-order valence-corrected chi connectivity index (χ2v) is 5.55. The molecule has 0 saturated carbocycles. The van der Waals surface area contributed by atoms with Gasteiger partial charge in [0.25, 0.3) is 0 Å². The molecule has 0 aliphatic heterocycles. The van der Waals surface area contributed by atoms with Crippen LogP contribution < -0.4 is 5.32 Å². The van der Waals surface area contributed by atoms with Crippen molar-refractivity contribution < 1.29 is 4.39 Å². The summed E-state index contributed by atoms with van der Waals surface area (Å²) in [7, 11) is 1.90. The van der Waals surface area contributed by atoms with Crippen LogP contribution >= 0.6 is 0 Å². The van der Waals surface area contributed by atoms with Crippen LogP contribution in [0, 0.1) is 12.7 Å². The molecule has 2 aromatic carbocycles. The Morgan fingerprint density at radius 1 is 0.900 bits per heavy atom. The van der Waals surface area contributed by atoms with E-state index in [0.717, 1.165) is 11.1 Å². The van der Waals surface area contributed by atoms with E-state index < -0.39 is 0 Å². The van der Waals surface area contributed by atoms with Crippen LogP contribution in [0.3, 0.4) is 0 Å². The van der Waals surface area contributed by atoms with Gasteiger partial charge in [-0.3, -0.25) is 0 Å². The molecule has 20 heavy (non-hydrogen) atoms. The molecule has 0 aliphatic carbocycles. The highest BCUT2D eigenvalue weighted by Crippen LogP contribution is 2.25. The highest BCUT2D eigenvalue weighted by Gasteiger charge is 2.13. The Labute approximate surface area is 120 Å². The molecule has 0 aromatic heterocycles. The second kappa shape index (κ2) is 6.19. The Hall–Kier alpha value is -1.67. The van der Waals surface area contributed by atoms with Gasteiger partial charge in [-0.1, -0.05) is 50.2 Å². The molecular weight excluding hydrogens is 249 g/mol. The van der Waals surface area contributed by atoms with Crippen molar-refractivity contribution in [3.05, 3.63) is 70.5 Å². The molecule has 1 N–H and O–H groups in total. The molecule has 106 valence electrons. The first-order valence-corrected chi connectivity index (χ1v) is 7.06. The number of rotatable bonds is 4. The summed E-state index contributed by atoms with van der Waals surface area (Å²) in [6.45, 7) is 6.14. The van der Waals surface area contributed by atoms with E-state index >= 15 is 0 Å². The largest absolute Gasteiger partial charge is 0.309 e. The summed E-state index contributed by atoms with van der Waals surface area (Å²) >= 11 is 0. The van der Waals surface area contributed by atoms with Crippen LogP contribution in [0.1, 0.15) is 48.1 Å². The standard InChI is InChI=1S/C18H22FN/c1-12(2)14-7-9-15(10-8-14)18(20-4)16-6-5-13(3)17(19)11-16/h5-12,18,20H,1-4H3. The summed E-state index contributed by atoms with van der Waals surface area (Å²) < 4.78 is 13.7. The van der Waals surface area contributed by atoms with Crippen molar-refractivity contribution in [1.29, 1.82) is 0 Å². The third-order valence-electron chi connectivity index (χ3n) is 3.75. The lowest BCUT2D eigenvalue weighted by molar-refractivity contribution is 0.608. The average Bonchev–Trinajstić information content (AvgIpc) is 2.44. The van der Waals surface area contributed by atoms with Crippen LogP contribution in [0.4, 0.5) is 4.39 Å². The first kappa shape index (κ1) is 14.7. The zero-order chi connectivity index (χ0) is 14.7. The van der Waals surface area contributed by atoms with Crippen LogP contribution in [-0.4, -0.2) is 7.05 Å². The maximum Gasteiger partial charge on any atom is 0.126 e. The van der Waals surface area contributed by atoms with Gasteiger partial charge in [-0.05, 0) is 48.2 Å². The van der Waals surface area contributed by atoms with Crippen LogP contribution in [0.5, 0.6) is 0 Å². The van der Waals surface area contributed by atoms with E-state index in [4.69, 9.17) is 0 Å². The fourth-order valence-electron chi connectivity index (χ4n) is 2.39. The summed E-state index contributed by atoms with van der Waals surface area (Å²) in [5.41, 5.74) is 4.10. The van der Waals surface area contributed by atoms with E-state index in [0.29, 0.717) is 11.5 Å². The molecule has 1 atom stereocenters. The van der Waals surface area contributed by atoms with Gasteiger partial charge in [-0.2, -0.15) is 0 Å². The molecule has 2 aromatic rings. The zero-order valence-corrected chi connectivity index (χ0v) is 12.6. The lowest BCUT2D eigenvalue weighted by Crippen LogP contribution is -2.18. The van der Waals surface area contributed by atoms with Gasteiger partial charge in [-0.15, -0.1) is 0 Å². The number of hydrogen-bond acceptors (Lipinski definition) is 1. The summed E-state index contributed by atoms with van der Waals surface area (Å²) in [5.74, 6) is 0.371. The second-order valence-electron chi connectivity index (χ2n) is 5.55. The van der Waals surface area contributed by atoms with E-state index in [9.17, 15) is 4.39 Å². The van der Waals surface area contributed by atoms with Gasteiger partial charge < -0.3 is 5.32 Å². The van der Waals surface area contributed by atoms with Crippen LogP contribution in [0.25, 0.3) is 0 Å². The Morgan fingerprint density at radius 2 is 1.45 bits per heavy atom. The molecule has 0 amide bonds. The monoisotopic (exact) mass is 271 g/mol. The minimum Gasteiger partial charge on any atom is -0.309 e. The number of halogens is 1. The molecule has 0 fully saturated rings. The van der Waals surface area contributed by atoms with Crippen molar-refractivity contribution in [2.75, 3.05) is 7.05 Å². The highest BCUT2D eigenvalue weighted by atomic mass is 19.1. The molecule has 0 radical (unpaired) electrons. The Balaban J connectivity index is 2.33. The van der Waals surface area contributed by atoms with Crippen molar-refractivity contribution in [2.24, 2.45) is 0 Å². The van der Waals surface area contributed by atoms with Crippen LogP contribution in [0.2, 0.25) is 0 Å². The predicted molar refractivity (Wildman–Crippen MR) is 82.6 cm³/mol. The topological polar surface area (TPSA) is 12.0 Å². The molecule has 1 unspecified atom stereocenters. The molecule has 0 spiro atoms. The van der Waals surface area contributed by atoms with Crippen LogP contribution in [0.15, 0.2) is 42.5 Å². The van der Waals surface area contributed by atoms with Crippen molar-refractivity contribution in [3.8, 4) is 0 Å². The van der Waals surface area contributed by atoms with Gasteiger partial charge in [0.15, 0.2) is 0 Å². The smallest absolute Gasteiger partial charge is 0.126 e. The average molecular weight is 271 g/mol. The van der Waals surface area contributed by atoms with E-state index in [2.05, 4.69) is 43.4 Å². The van der Waals surface area contributed by atoms with Gasteiger partial charge in [0.2, 0.25) is 0 Å². The Kier molecular flexibility index (Phi) is 4.56. The van der Waals surface area contributed by atoms with Gasteiger partial charge >= 0.3 is 0 Å². The molecule has 2 heteroatoms. The maximum atomic E-state index is 13.7. The molecule has 1 nitrogen and oxygen atoms in total. The predicted octanol–water partition coefficient (Wildman–Crippen LogP) is 4.57. The summed E-state index contributed by atoms with van der Waals surface area (Å²) in [6, 6.07) is 14.0. The molecular formula is C18H22FN. The third kappa shape index (κ3) is 3.07. The number of benzene rings is 2. The molecule has 0 heterocycles. The molecule has 0 aliphatic rings. The fraction of sp³-hybridized carbons (Fsp3) is 0.333. The van der Waals surface area contributed by atoms with Gasteiger partial charge in [0, 0.05) is 0 Å². The zero-order valence-electron chi connectivity index (χ0n) is 12.6. The fourth-order valence-corrected chi connectivity index (χ4v) is 2.39. The summed E-state index contributed by atoms with van der Waals surface area (Å²) in [6.07, 6.45) is 0. The van der Waals surface area contributed by atoms with Crippen molar-refractivity contribution in [1.82, 2.24) is 5.32 Å². The van der Waals surface area contributed by atoms with Crippen molar-refractivity contribution >= 4 is 0 Å². The van der Waals surface area contributed by atoms with E-state index in [1.54, 1.807) is 13.0 Å². The lowest BCUT2D eigenvalue weighted by atomic mass is 9.95. The Bertz CT molecular complexity index is 572. The van der Waals surface area contributed by atoms with Gasteiger partial charge in [-0.25, -0.2) is 4.39 Å². The van der Waals surface area contributed by atoms with E-state index in [-0.39, 0.29) is 11.9 Å². The first-order valence-electron chi connectivity index (χ1n) is 7.06. The van der Waals surface area contributed by atoms with Crippen LogP contribution in [-0.2, 0) is 0 Å². The molecule has 0 saturated heterocycles. The minimum atomic E-state index is -0.151. The number of hydrogen-bond donors (Lipinski definition) is 1. The molecule has 2 rings (SSSR count).